The van der Waals surface area contributed by atoms with E-state index < -0.39 is 11.8 Å². The molecule has 0 aliphatic rings. The van der Waals surface area contributed by atoms with Crippen molar-refractivity contribution in [3.8, 4) is 5.75 Å². The van der Waals surface area contributed by atoms with E-state index in [4.69, 9.17) is 4.74 Å². The molecule has 0 aliphatic heterocycles. The maximum atomic E-state index is 11.7. The van der Waals surface area contributed by atoms with Crippen molar-refractivity contribution in [3.05, 3.63) is 78.4 Å². The number of ether oxygens (including phenoxy) is 1. The van der Waals surface area contributed by atoms with E-state index in [1.807, 2.05) is 30.3 Å². The highest BCUT2D eigenvalue weighted by atomic mass is 16.5. The molecule has 2 N–H and O–H groups in total. The lowest BCUT2D eigenvalue weighted by atomic mass is 10.1. The van der Waals surface area contributed by atoms with Crippen molar-refractivity contribution in [2.45, 2.75) is 6.42 Å². The van der Waals surface area contributed by atoms with Gasteiger partial charge in [-0.15, -0.1) is 0 Å². The molecule has 26 heavy (non-hydrogen) atoms. The molecule has 0 saturated carbocycles. The fourth-order valence-electron chi connectivity index (χ4n) is 2.10. The number of carbonyl (C=O) groups is 2. The second-order valence-electron chi connectivity index (χ2n) is 5.36. The van der Waals surface area contributed by atoms with Crippen LogP contribution in [0.15, 0.2) is 72.4 Å². The molecule has 2 rings (SSSR count). The predicted molar refractivity (Wildman–Crippen MR) is 101 cm³/mol. The van der Waals surface area contributed by atoms with Crippen molar-refractivity contribution >= 4 is 18.0 Å². The third-order valence-corrected chi connectivity index (χ3v) is 3.35. The van der Waals surface area contributed by atoms with Crippen LogP contribution in [-0.2, 0) is 16.0 Å². The number of benzene rings is 2. The predicted octanol–water partition coefficient (Wildman–Crippen LogP) is 2.06. The largest absolute Gasteiger partial charge is 0.490 e. The van der Waals surface area contributed by atoms with Gasteiger partial charge in [-0.3, -0.25) is 9.59 Å². The van der Waals surface area contributed by atoms with Gasteiger partial charge >= 0.3 is 11.8 Å². The number of rotatable bonds is 8. The van der Waals surface area contributed by atoms with E-state index in [2.05, 4.69) is 22.4 Å². The zero-order valence-electron chi connectivity index (χ0n) is 14.4. The van der Waals surface area contributed by atoms with Crippen LogP contribution >= 0.6 is 0 Å². The molecule has 6 heteroatoms. The van der Waals surface area contributed by atoms with Crippen molar-refractivity contribution in [2.24, 2.45) is 5.10 Å². The summed E-state index contributed by atoms with van der Waals surface area (Å²) >= 11 is 0. The van der Waals surface area contributed by atoms with E-state index in [0.29, 0.717) is 25.3 Å². The van der Waals surface area contributed by atoms with Gasteiger partial charge in [-0.2, -0.15) is 5.10 Å². The lowest BCUT2D eigenvalue weighted by Gasteiger charge is -2.04. The van der Waals surface area contributed by atoms with E-state index in [-0.39, 0.29) is 0 Å². The average Bonchev–Trinajstić information content (AvgIpc) is 2.67. The van der Waals surface area contributed by atoms with E-state index in [0.717, 1.165) is 11.1 Å². The minimum Gasteiger partial charge on any atom is -0.490 e. The topological polar surface area (TPSA) is 79.8 Å². The molecule has 0 unspecified atom stereocenters. The third kappa shape index (κ3) is 6.60. The maximum absolute atomic E-state index is 11.7. The lowest BCUT2D eigenvalue weighted by molar-refractivity contribution is -0.139. The Morgan fingerprint density at radius 3 is 2.65 bits per heavy atom. The summed E-state index contributed by atoms with van der Waals surface area (Å²) in [6, 6.07) is 16.9. The molecule has 2 amide bonds. The second kappa shape index (κ2) is 10.5. The molecule has 0 bridgehead atoms. The Bertz CT molecular complexity index is 773. The van der Waals surface area contributed by atoms with E-state index in [1.165, 1.54) is 6.21 Å². The van der Waals surface area contributed by atoms with Crippen molar-refractivity contribution in [3.63, 3.8) is 0 Å². The summed E-state index contributed by atoms with van der Waals surface area (Å²) in [5.41, 5.74) is 4.02. The lowest BCUT2D eigenvalue weighted by Crippen LogP contribution is -2.38. The van der Waals surface area contributed by atoms with Gasteiger partial charge in [0.1, 0.15) is 12.4 Å². The Labute approximate surface area is 152 Å². The molecule has 0 spiro atoms. The van der Waals surface area contributed by atoms with Crippen LogP contribution in [0, 0.1) is 0 Å². The molecule has 0 aromatic heterocycles. The first-order valence-electron chi connectivity index (χ1n) is 8.18. The zero-order valence-corrected chi connectivity index (χ0v) is 14.4. The summed E-state index contributed by atoms with van der Waals surface area (Å²) in [5, 5.41) is 6.35. The molecule has 0 fully saturated rings. The third-order valence-electron chi connectivity index (χ3n) is 3.35. The van der Waals surface area contributed by atoms with Crippen molar-refractivity contribution in [1.29, 1.82) is 0 Å². The molecule has 134 valence electrons. The molecular formula is C20H21N3O3. The summed E-state index contributed by atoms with van der Waals surface area (Å²) < 4.78 is 5.41. The number of nitrogens with zero attached hydrogens (tertiary/aromatic N) is 1. The monoisotopic (exact) mass is 351 g/mol. The molecule has 0 saturated heterocycles. The normalized spacial score (nSPS) is 10.3. The van der Waals surface area contributed by atoms with Crippen LogP contribution in [0.4, 0.5) is 0 Å². The van der Waals surface area contributed by atoms with Gasteiger partial charge in [0.25, 0.3) is 0 Å². The van der Waals surface area contributed by atoms with E-state index in [1.54, 1.807) is 30.3 Å². The quantitative estimate of drug-likeness (QED) is 0.331. The van der Waals surface area contributed by atoms with Crippen molar-refractivity contribution < 1.29 is 14.3 Å². The van der Waals surface area contributed by atoms with Crippen LogP contribution in [0.3, 0.4) is 0 Å². The molecule has 0 heterocycles. The fourth-order valence-corrected chi connectivity index (χ4v) is 2.10. The van der Waals surface area contributed by atoms with Gasteiger partial charge in [0.15, 0.2) is 0 Å². The van der Waals surface area contributed by atoms with Crippen molar-refractivity contribution in [2.75, 3.05) is 13.2 Å². The summed E-state index contributed by atoms with van der Waals surface area (Å²) in [6.45, 7) is 4.37. The van der Waals surface area contributed by atoms with Crippen molar-refractivity contribution in [1.82, 2.24) is 10.7 Å². The number of hydrogen-bond donors (Lipinski definition) is 2. The Hall–Kier alpha value is -3.41. The van der Waals surface area contributed by atoms with E-state index >= 15 is 0 Å². The molecule has 6 nitrogen and oxygen atoms in total. The molecule has 0 radical (unpaired) electrons. The first kappa shape index (κ1) is 18.9. The minimum atomic E-state index is -0.812. The summed E-state index contributed by atoms with van der Waals surface area (Å²) in [6.07, 6.45) is 3.74. The molecule has 0 atom stereocenters. The van der Waals surface area contributed by atoms with E-state index in [9.17, 15) is 9.59 Å². The average molecular weight is 351 g/mol. The Morgan fingerprint density at radius 2 is 1.88 bits per heavy atom. The highest BCUT2D eigenvalue weighted by Gasteiger charge is 2.11. The van der Waals surface area contributed by atoms with Gasteiger partial charge in [-0.1, -0.05) is 55.1 Å². The van der Waals surface area contributed by atoms with Crippen LogP contribution in [0.5, 0.6) is 5.75 Å². The standard InChI is InChI=1S/C20H21N3O3/c1-2-13-26-18-10-6-9-17(14-18)15-22-23-20(25)19(24)21-12-11-16-7-4-3-5-8-16/h2-10,14-15H,1,11-13H2,(H,21,24)(H,23,25)/b22-15-. The van der Waals surface area contributed by atoms with Gasteiger partial charge in [0.2, 0.25) is 0 Å². The van der Waals surface area contributed by atoms with Gasteiger partial charge in [0, 0.05) is 6.54 Å². The van der Waals surface area contributed by atoms with Crippen LogP contribution in [-0.4, -0.2) is 31.2 Å². The van der Waals surface area contributed by atoms with Crippen LogP contribution in [0.25, 0.3) is 0 Å². The fraction of sp³-hybridized carbons (Fsp3) is 0.150. The SMILES string of the molecule is C=CCOc1cccc(/C=N\NC(=O)C(=O)NCCc2ccccc2)c1. The highest BCUT2D eigenvalue weighted by Crippen LogP contribution is 2.11. The summed E-state index contributed by atoms with van der Waals surface area (Å²) in [7, 11) is 0. The second-order valence-corrected chi connectivity index (χ2v) is 5.36. The van der Waals surface area contributed by atoms with Gasteiger partial charge in [0.05, 0.1) is 6.21 Å². The molecule has 2 aromatic carbocycles. The highest BCUT2D eigenvalue weighted by molar-refractivity contribution is 6.35. The first-order chi connectivity index (χ1) is 12.7. The number of amides is 2. The van der Waals surface area contributed by atoms with Gasteiger partial charge < -0.3 is 10.1 Å². The molecule has 0 aliphatic carbocycles. The summed E-state index contributed by atoms with van der Waals surface area (Å²) in [5.74, 6) is -0.867. The van der Waals surface area contributed by atoms with Gasteiger partial charge in [-0.05, 0) is 29.7 Å². The number of hydrazone groups is 1. The molecular weight excluding hydrogens is 330 g/mol. The number of nitrogens with one attached hydrogen (secondary N) is 2. The van der Waals surface area contributed by atoms with Gasteiger partial charge in [-0.25, -0.2) is 5.43 Å². The minimum absolute atomic E-state index is 0.378. The first-order valence-corrected chi connectivity index (χ1v) is 8.18. The van der Waals surface area contributed by atoms with Crippen LogP contribution in [0.1, 0.15) is 11.1 Å². The maximum Gasteiger partial charge on any atom is 0.329 e. The Balaban J connectivity index is 1.75. The Morgan fingerprint density at radius 1 is 1.08 bits per heavy atom. The van der Waals surface area contributed by atoms with Crippen LogP contribution in [0.2, 0.25) is 0 Å². The summed E-state index contributed by atoms with van der Waals surface area (Å²) in [4.78, 5) is 23.4. The number of hydrogen-bond acceptors (Lipinski definition) is 4. The van der Waals surface area contributed by atoms with Crippen LogP contribution < -0.4 is 15.5 Å². The molecule has 2 aromatic rings. The Kier molecular flexibility index (Phi) is 7.61. The number of carbonyl (C=O) groups excluding carboxylic acids is 2. The zero-order chi connectivity index (χ0) is 18.6. The smallest absolute Gasteiger partial charge is 0.329 e.